The van der Waals surface area contributed by atoms with Crippen LogP contribution in [-0.4, -0.2) is 27.2 Å². The van der Waals surface area contributed by atoms with Gasteiger partial charge in [-0.1, -0.05) is 42.5 Å². The molecule has 1 atom stereocenters. The molecule has 0 saturated heterocycles. The highest BCUT2D eigenvalue weighted by Crippen LogP contribution is 2.17. The summed E-state index contributed by atoms with van der Waals surface area (Å²) in [5, 5.41) is 6.81. The van der Waals surface area contributed by atoms with Crippen LogP contribution >= 0.6 is 0 Å². The molecule has 1 aromatic heterocycles. The standard InChI is InChI=1S/C24H29N3O3S/c1-18-16-20(11-12-23(18)31(3,28)29)17-26-24(25-14-13-22-10-7-15-30-22)27-19(2)21-8-5-4-6-9-21/h4-12,15-16,19H,13-14,17H2,1-3H3,(H2,25,26,27). The quantitative estimate of drug-likeness (QED) is 0.409. The minimum atomic E-state index is -3.23. The van der Waals surface area contributed by atoms with Crippen molar-refractivity contribution in [2.24, 2.45) is 4.99 Å². The van der Waals surface area contributed by atoms with Crippen molar-refractivity contribution in [3.8, 4) is 0 Å². The minimum absolute atomic E-state index is 0.0745. The number of sulfone groups is 1. The Kier molecular flexibility index (Phi) is 7.52. The van der Waals surface area contributed by atoms with E-state index in [-0.39, 0.29) is 6.04 Å². The van der Waals surface area contributed by atoms with Crippen molar-refractivity contribution in [1.29, 1.82) is 0 Å². The Hall–Kier alpha value is -3.06. The lowest BCUT2D eigenvalue weighted by atomic mass is 10.1. The van der Waals surface area contributed by atoms with E-state index >= 15 is 0 Å². The molecular formula is C24H29N3O3S. The van der Waals surface area contributed by atoms with Gasteiger partial charge in [-0.3, -0.25) is 0 Å². The summed E-state index contributed by atoms with van der Waals surface area (Å²) in [4.78, 5) is 5.08. The largest absolute Gasteiger partial charge is 0.469 e. The molecule has 0 aliphatic heterocycles. The maximum absolute atomic E-state index is 11.8. The number of nitrogens with one attached hydrogen (secondary N) is 2. The lowest BCUT2D eigenvalue weighted by Gasteiger charge is -2.19. The summed E-state index contributed by atoms with van der Waals surface area (Å²) < 4.78 is 29.1. The van der Waals surface area contributed by atoms with Gasteiger partial charge in [-0.15, -0.1) is 0 Å². The van der Waals surface area contributed by atoms with Crippen LogP contribution in [0.1, 0.15) is 35.4 Å². The fraction of sp³-hybridized carbons (Fsp3) is 0.292. The first-order chi connectivity index (χ1) is 14.8. The molecule has 0 aliphatic carbocycles. The van der Waals surface area contributed by atoms with Gasteiger partial charge in [0, 0.05) is 19.2 Å². The summed E-state index contributed by atoms with van der Waals surface area (Å²) in [6.07, 6.45) is 3.64. The van der Waals surface area contributed by atoms with E-state index in [1.54, 1.807) is 12.3 Å². The number of guanidine groups is 1. The highest BCUT2D eigenvalue weighted by atomic mass is 32.2. The van der Waals surface area contributed by atoms with Gasteiger partial charge < -0.3 is 15.1 Å². The molecule has 0 aliphatic rings. The first kappa shape index (κ1) is 22.6. The summed E-state index contributed by atoms with van der Waals surface area (Å²) in [6, 6.07) is 19.4. The summed E-state index contributed by atoms with van der Waals surface area (Å²) >= 11 is 0. The molecule has 2 aromatic carbocycles. The Labute approximate surface area is 184 Å². The van der Waals surface area contributed by atoms with Crippen molar-refractivity contribution in [3.63, 3.8) is 0 Å². The van der Waals surface area contributed by atoms with E-state index in [9.17, 15) is 8.42 Å². The van der Waals surface area contributed by atoms with Gasteiger partial charge in [0.15, 0.2) is 15.8 Å². The third kappa shape index (κ3) is 6.72. The van der Waals surface area contributed by atoms with E-state index in [0.29, 0.717) is 23.9 Å². The van der Waals surface area contributed by atoms with Crippen LogP contribution in [0.3, 0.4) is 0 Å². The molecule has 2 N–H and O–H groups in total. The summed E-state index contributed by atoms with van der Waals surface area (Å²) in [5.41, 5.74) is 2.84. The average molecular weight is 440 g/mol. The molecule has 31 heavy (non-hydrogen) atoms. The third-order valence-corrected chi connectivity index (χ3v) is 6.21. The molecule has 0 radical (unpaired) electrons. The highest BCUT2D eigenvalue weighted by molar-refractivity contribution is 7.90. The predicted molar refractivity (Wildman–Crippen MR) is 124 cm³/mol. The zero-order chi connectivity index (χ0) is 22.3. The number of furan rings is 1. The van der Waals surface area contributed by atoms with Crippen LogP contribution in [0.2, 0.25) is 0 Å². The van der Waals surface area contributed by atoms with Crippen LogP contribution in [0.5, 0.6) is 0 Å². The first-order valence-electron chi connectivity index (χ1n) is 10.2. The number of aryl methyl sites for hydroxylation is 1. The van der Waals surface area contributed by atoms with Gasteiger partial charge in [0.05, 0.1) is 23.7 Å². The van der Waals surface area contributed by atoms with E-state index in [1.807, 2.05) is 49.4 Å². The van der Waals surface area contributed by atoms with Crippen molar-refractivity contribution < 1.29 is 12.8 Å². The number of aliphatic imine (C=N–C) groups is 1. The smallest absolute Gasteiger partial charge is 0.192 e. The van der Waals surface area contributed by atoms with E-state index in [2.05, 4.69) is 29.7 Å². The molecule has 0 saturated carbocycles. The maximum atomic E-state index is 11.8. The lowest BCUT2D eigenvalue weighted by molar-refractivity contribution is 0.506. The fourth-order valence-electron chi connectivity index (χ4n) is 3.34. The van der Waals surface area contributed by atoms with Gasteiger partial charge in [0.2, 0.25) is 0 Å². The second kappa shape index (κ2) is 10.3. The molecule has 1 heterocycles. The van der Waals surface area contributed by atoms with Crippen LogP contribution in [0, 0.1) is 6.92 Å². The van der Waals surface area contributed by atoms with Crippen LogP contribution in [0.4, 0.5) is 0 Å². The van der Waals surface area contributed by atoms with E-state index in [1.165, 1.54) is 6.26 Å². The van der Waals surface area contributed by atoms with Crippen molar-refractivity contribution in [3.05, 3.63) is 89.4 Å². The molecule has 164 valence electrons. The zero-order valence-corrected chi connectivity index (χ0v) is 18.9. The lowest BCUT2D eigenvalue weighted by Crippen LogP contribution is -2.39. The van der Waals surface area contributed by atoms with E-state index < -0.39 is 9.84 Å². The van der Waals surface area contributed by atoms with Crippen molar-refractivity contribution in [2.75, 3.05) is 12.8 Å². The summed E-state index contributed by atoms with van der Waals surface area (Å²) in [7, 11) is -3.23. The Morgan fingerprint density at radius 2 is 1.87 bits per heavy atom. The van der Waals surface area contributed by atoms with E-state index in [0.717, 1.165) is 28.9 Å². The van der Waals surface area contributed by atoms with Crippen molar-refractivity contribution in [1.82, 2.24) is 10.6 Å². The highest BCUT2D eigenvalue weighted by Gasteiger charge is 2.11. The topological polar surface area (TPSA) is 83.7 Å². The third-order valence-electron chi connectivity index (χ3n) is 4.96. The monoisotopic (exact) mass is 439 g/mol. The van der Waals surface area contributed by atoms with E-state index in [4.69, 9.17) is 9.41 Å². The van der Waals surface area contributed by atoms with Crippen LogP contribution in [-0.2, 0) is 22.8 Å². The normalized spacial score (nSPS) is 13.1. The van der Waals surface area contributed by atoms with Gasteiger partial charge in [-0.25, -0.2) is 13.4 Å². The maximum Gasteiger partial charge on any atom is 0.192 e. The molecule has 3 rings (SSSR count). The van der Waals surface area contributed by atoms with Crippen LogP contribution < -0.4 is 10.6 Å². The van der Waals surface area contributed by atoms with Gasteiger partial charge in [-0.05, 0) is 48.7 Å². The number of rotatable bonds is 8. The number of hydrogen-bond donors (Lipinski definition) is 2. The zero-order valence-electron chi connectivity index (χ0n) is 18.1. The van der Waals surface area contributed by atoms with Crippen molar-refractivity contribution >= 4 is 15.8 Å². The average Bonchev–Trinajstić information content (AvgIpc) is 3.25. The SMILES string of the molecule is Cc1cc(CN=C(NCCc2ccco2)NC(C)c2ccccc2)ccc1S(C)(=O)=O. The fourth-order valence-corrected chi connectivity index (χ4v) is 4.30. The second-order valence-corrected chi connectivity index (χ2v) is 9.55. The molecule has 0 fully saturated rings. The molecule has 1 unspecified atom stereocenters. The Morgan fingerprint density at radius 1 is 1.10 bits per heavy atom. The Balaban J connectivity index is 1.72. The van der Waals surface area contributed by atoms with Gasteiger partial charge in [0.25, 0.3) is 0 Å². The molecule has 0 amide bonds. The second-order valence-electron chi connectivity index (χ2n) is 7.57. The predicted octanol–water partition coefficient (Wildman–Crippen LogP) is 4.03. The molecule has 0 spiro atoms. The molecule has 3 aromatic rings. The molecule has 6 nitrogen and oxygen atoms in total. The van der Waals surface area contributed by atoms with Gasteiger partial charge >= 0.3 is 0 Å². The Bertz CT molecular complexity index is 1110. The molecule has 7 heteroatoms. The van der Waals surface area contributed by atoms with Crippen LogP contribution in [0.25, 0.3) is 0 Å². The van der Waals surface area contributed by atoms with Crippen molar-refractivity contribution in [2.45, 2.75) is 37.8 Å². The number of benzene rings is 2. The minimum Gasteiger partial charge on any atom is -0.469 e. The van der Waals surface area contributed by atoms with Crippen LogP contribution in [0.15, 0.2) is 81.2 Å². The van der Waals surface area contributed by atoms with Gasteiger partial charge in [0.1, 0.15) is 5.76 Å². The Morgan fingerprint density at radius 3 is 2.52 bits per heavy atom. The molecular weight excluding hydrogens is 410 g/mol. The van der Waals surface area contributed by atoms with Gasteiger partial charge in [-0.2, -0.15) is 0 Å². The first-order valence-corrected chi connectivity index (χ1v) is 12.1. The summed E-state index contributed by atoms with van der Waals surface area (Å²) in [6.45, 7) is 5.00. The molecule has 0 bridgehead atoms. The summed E-state index contributed by atoms with van der Waals surface area (Å²) in [5.74, 6) is 1.60. The number of nitrogens with zero attached hydrogens (tertiary/aromatic N) is 1. The number of hydrogen-bond acceptors (Lipinski definition) is 4.